The summed E-state index contributed by atoms with van der Waals surface area (Å²) in [5.41, 5.74) is 8.83. The molecule has 0 bridgehead atoms. The van der Waals surface area contributed by atoms with E-state index in [0.29, 0.717) is 0 Å². The zero-order valence-corrected chi connectivity index (χ0v) is 14.0. The van der Waals surface area contributed by atoms with Crippen molar-refractivity contribution in [2.24, 2.45) is 5.73 Å². The number of benzene rings is 2. The minimum Gasteiger partial charge on any atom is -0.314 e. The molecule has 1 heterocycles. The van der Waals surface area contributed by atoms with Crippen molar-refractivity contribution in [1.29, 1.82) is 0 Å². The molecule has 1 unspecified atom stereocenters. The highest BCUT2D eigenvalue weighted by atomic mass is 35.5. The number of carbonyl (C=O) groups excluding carboxylic acids is 1. The van der Waals surface area contributed by atoms with Crippen LogP contribution in [0.2, 0.25) is 0 Å². The molecule has 0 radical (unpaired) electrons. The van der Waals surface area contributed by atoms with E-state index in [2.05, 4.69) is 12.1 Å². The molecule has 1 atom stereocenters. The van der Waals surface area contributed by atoms with E-state index in [4.69, 9.17) is 5.73 Å². The monoisotopic (exact) mass is 328 g/mol. The number of carbonyl (C=O) groups is 1. The maximum Gasteiger partial charge on any atom is 0.251 e. The highest BCUT2D eigenvalue weighted by Gasteiger charge is 2.54. The number of anilines is 1. The van der Waals surface area contributed by atoms with Gasteiger partial charge < -0.3 is 10.6 Å². The van der Waals surface area contributed by atoms with Crippen LogP contribution >= 0.6 is 12.4 Å². The van der Waals surface area contributed by atoms with E-state index >= 15 is 0 Å². The van der Waals surface area contributed by atoms with Crippen molar-refractivity contribution in [2.45, 2.75) is 30.7 Å². The van der Waals surface area contributed by atoms with Gasteiger partial charge in [0.25, 0.3) is 5.91 Å². The molecule has 2 aromatic rings. The van der Waals surface area contributed by atoms with Crippen LogP contribution in [0.4, 0.5) is 5.69 Å². The number of fused-ring (bicyclic) bond motifs is 2. The van der Waals surface area contributed by atoms with Crippen LogP contribution < -0.4 is 10.6 Å². The molecule has 1 saturated carbocycles. The summed E-state index contributed by atoms with van der Waals surface area (Å²) in [6.07, 6.45) is 2.33. The van der Waals surface area contributed by atoms with Gasteiger partial charge in [0, 0.05) is 17.6 Å². The summed E-state index contributed by atoms with van der Waals surface area (Å²) in [6, 6.07) is 17.9. The van der Waals surface area contributed by atoms with E-state index in [1.807, 2.05) is 54.3 Å². The highest BCUT2D eigenvalue weighted by molar-refractivity contribution is 6.02. The standard InChI is InChI=1S/C19H20N2O.ClH/c1-18(20,14-7-3-2-4-8-14)17(22)21-13-19(11-12-19)15-9-5-6-10-16(15)21;/h2-10H,11-13,20H2,1H3;1H. The fourth-order valence-electron chi connectivity index (χ4n) is 3.58. The molecule has 0 saturated heterocycles. The molecule has 1 aliphatic heterocycles. The van der Waals surface area contributed by atoms with E-state index in [1.54, 1.807) is 0 Å². The van der Waals surface area contributed by atoms with Gasteiger partial charge in [-0.05, 0) is 37.0 Å². The van der Waals surface area contributed by atoms with Crippen molar-refractivity contribution in [3.63, 3.8) is 0 Å². The zero-order chi connectivity index (χ0) is 15.4. The minimum absolute atomic E-state index is 0. The first-order valence-electron chi connectivity index (χ1n) is 7.80. The third-order valence-corrected chi connectivity index (χ3v) is 5.14. The molecule has 23 heavy (non-hydrogen) atoms. The molecular formula is C19H21ClN2O. The molecule has 3 nitrogen and oxygen atoms in total. The van der Waals surface area contributed by atoms with Crippen LogP contribution in [0.1, 0.15) is 30.9 Å². The largest absolute Gasteiger partial charge is 0.314 e. The normalized spacial score (nSPS) is 19.7. The lowest BCUT2D eigenvalue weighted by molar-refractivity contribution is -0.123. The van der Waals surface area contributed by atoms with Gasteiger partial charge >= 0.3 is 0 Å². The molecule has 4 heteroatoms. The summed E-state index contributed by atoms with van der Waals surface area (Å²) in [5.74, 6) is -0.0186. The Morgan fingerprint density at radius 1 is 1.09 bits per heavy atom. The van der Waals surface area contributed by atoms with Crippen LogP contribution in [-0.2, 0) is 15.7 Å². The molecule has 1 fully saturated rings. The van der Waals surface area contributed by atoms with E-state index in [0.717, 1.165) is 17.8 Å². The number of para-hydroxylation sites is 1. The molecule has 0 aromatic heterocycles. The second kappa shape index (κ2) is 5.36. The SMILES string of the molecule is CC(N)(C(=O)N1CC2(CC2)c2ccccc21)c1ccccc1.Cl. The topological polar surface area (TPSA) is 46.3 Å². The Balaban J connectivity index is 0.00000156. The quantitative estimate of drug-likeness (QED) is 0.918. The maximum absolute atomic E-state index is 13.1. The van der Waals surface area contributed by atoms with Crippen LogP contribution in [-0.4, -0.2) is 12.5 Å². The summed E-state index contributed by atoms with van der Waals surface area (Å²) < 4.78 is 0. The fourth-order valence-corrected chi connectivity index (χ4v) is 3.58. The summed E-state index contributed by atoms with van der Waals surface area (Å²) in [4.78, 5) is 15.0. The second-order valence-corrected chi connectivity index (χ2v) is 6.76. The van der Waals surface area contributed by atoms with Gasteiger partial charge in [0.2, 0.25) is 0 Å². The lowest BCUT2D eigenvalue weighted by Gasteiger charge is -2.30. The van der Waals surface area contributed by atoms with Crippen LogP contribution in [0.5, 0.6) is 0 Å². The Labute approximate surface area is 142 Å². The van der Waals surface area contributed by atoms with Crippen LogP contribution in [0.3, 0.4) is 0 Å². The van der Waals surface area contributed by atoms with Gasteiger partial charge in [0.05, 0.1) is 0 Å². The van der Waals surface area contributed by atoms with Crippen LogP contribution in [0.15, 0.2) is 54.6 Å². The van der Waals surface area contributed by atoms with Crippen LogP contribution in [0.25, 0.3) is 0 Å². The highest BCUT2D eigenvalue weighted by Crippen LogP contribution is 2.56. The predicted molar refractivity (Wildman–Crippen MR) is 94.9 cm³/mol. The van der Waals surface area contributed by atoms with Gasteiger partial charge in [-0.1, -0.05) is 48.5 Å². The van der Waals surface area contributed by atoms with Crippen molar-refractivity contribution in [2.75, 3.05) is 11.4 Å². The summed E-state index contributed by atoms with van der Waals surface area (Å²) >= 11 is 0. The van der Waals surface area contributed by atoms with Gasteiger partial charge in [-0.25, -0.2) is 0 Å². The third kappa shape index (κ3) is 2.35. The number of nitrogens with zero attached hydrogens (tertiary/aromatic N) is 1. The summed E-state index contributed by atoms with van der Waals surface area (Å²) in [5, 5.41) is 0. The maximum atomic E-state index is 13.1. The van der Waals surface area contributed by atoms with Crippen molar-refractivity contribution >= 4 is 24.0 Å². The fraction of sp³-hybridized carbons (Fsp3) is 0.316. The number of hydrogen-bond donors (Lipinski definition) is 1. The van der Waals surface area contributed by atoms with E-state index < -0.39 is 5.54 Å². The Morgan fingerprint density at radius 3 is 2.35 bits per heavy atom. The van der Waals surface area contributed by atoms with E-state index in [-0.39, 0.29) is 23.7 Å². The average molecular weight is 329 g/mol. The van der Waals surface area contributed by atoms with E-state index in [9.17, 15) is 4.79 Å². The summed E-state index contributed by atoms with van der Waals surface area (Å²) in [6.45, 7) is 2.58. The smallest absolute Gasteiger partial charge is 0.251 e. The zero-order valence-electron chi connectivity index (χ0n) is 13.2. The minimum atomic E-state index is -1.01. The first-order valence-corrected chi connectivity index (χ1v) is 7.80. The third-order valence-electron chi connectivity index (χ3n) is 5.14. The first-order chi connectivity index (χ1) is 10.5. The summed E-state index contributed by atoms with van der Waals surface area (Å²) in [7, 11) is 0. The Kier molecular flexibility index (Phi) is 3.74. The molecule has 2 aliphatic rings. The molecule has 2 aromatic carbocycles. The molecule has 1 spiro atoms. The van der Waals surface area contributed by atoms with Gasteiger partial charge in [-0.15, -0.1) is 12.4 Å². The number of rotatable bonds is 2. The van der Waals surface area contributed by atoms with Gasteiger partial charge in [-0.3, -0.25) is 4.79 Å². The molecule has 1 aliphatic carbocycles. The van der Waals surface area contributed by atoms with Crippen molar-refractivity contribution < 1.29 is 4.79 Å². The number of hydrogen-bond acceptors (Lipinski definition) is 2. The number of amides is 1. The molecule has 1 amide bonds. The Morgan fingerprint density at radius 2 is 1.70 bits per heavy atom. The molecular weight excluding hydrogens is 308 g/mol. The van der Waals surface area contributed by atoms with Crippen molar-refractivity contribution in [3.05, 3.63) is 65.7 Å². The molecule has 4 rings (SSSR count). The second-order valence-electron chi connectivity index (χ2n) is 6.76. The number of halogens is 1. The average Bonchev–Trinajstić information content (AvgIpc) is 3.26. The van der Waals surface area contributed by atoms with Crippen LogP contribution in [0, 0.1) is 0 Å². The lowest BCUT2D eigenvalue weighted by Crippen LogP contribution is -2.51. The Hall–Kier alpha value is -1.84. The predicted octanol–water partition coefficient (Wildman–Crippen LogP) is 3.36. The molecule has 120 valence electrons. The molecule has 2 N–H and O–H groups in total. The van der Waals surface area contributed by atoms with E-state index in [1.165, 1.54) is 18.4 Å². The first kappa shape index (κ1) is 16.0. The Bertz CT molecular complexity index is 738. The number of nitrogens with two attached hydrogens (primary N) is 1. The van der Waals surface area contributed by atoms with Gasteiger partial charge in [0.15, 0.2) is 0 Å². The lowest BCUT2D eigenvalue weighted by atomic mass is 9.91. The van der Waals surface area contributed by atoms with Crippen molar-refractivity contribution in [1.82, 2.24) is 0 Å². The van der Waals surface area contributed by atoms with Crippen molar-refractivity contribution in [3.8, 4) is 0 Å². The van der Waals surface area contributed by atoms with Gasteiger partial charge in [0.1, 0.15) is 5.54 Å². The van der Waals surface area contributed by atoms with Gasteiger partial charge in [-0.2, -0.15) is 0 Å².